The van der Waals surface area contributed by atoms with Crippen molar-refractivity contribution in [3.63, 3.8) is 0 Å². The van der Waals surface area contributed by atoms with Crippen LogP contribution in [0.4, 0.5) is 9.52 Å². The van der Waals surface area contributed by atoms with Gasteiger partial charge in [-0.1, -0.05) is 34.2 Å². The number of aromatic nitrogens is 3. The van der Waals surface area contributed by atoms with Crippen LogP contribution in [-0.4, -0.2) is 15.1 Å². The zero-order chi connectivity index (χ0) is 15.0. The van der Waals surface area contributed by atoms with Crippen LogP contribution in [0.25, 0.3) is 10.8 Å². The normalized spacial score (nSPS) is 11.0. The van der Waals surface area contributed by atoms with Gasteiger partial charge in [0.25, 0.3) is 5.89 Å². The molecule has 2 heterocycles. The van der Waals surface area contributed by atoms with E-state index in [0.29, 0.717) is 28.3 Å². The fourth-order valence-electron chi connectivity index (χ4n) is 1.87. The first-order valence-electron chi connectivity index (χ1n) is 6.02. The first-order valence-corrected chi connectivity index (χ1v) is 7.22. The van der Waals surface area contributed by atoms with Crippen LogP contribution in [0.1, 0.15) is 17.1 Å². The molecule has 2 aromatic heterocycles. The average Bonchev–Trinajstić information content (AvgIpc) is 2.99. The Kier molecular flexibility index (Phi) is 3.60. The number of aryl methyl sites for hydroxylation is 1. The van der Waals surface area contributed by atoms with Crippen LogP contribution in [-0.2, 0) is 6.42 Å². The van der Waals surface area contributed by atoms with Crippen molar-refractivity contribution in [3.05, 3.63) is 46.1 Å². The lowest BCUT2D eigenvalue weighted by molar-refractivity contribution is 0.424. The van der Waals surface area contributed by atoms with Crippen LogP contribution < -0.4 is 5.73 Å². The van der Waals surface area contributed by atoms with Crippen molar-refractivity contribution in [2.75, 3.05) is 5.73 Å². The standard InChI is InChI=1S/C13H10ClFN4OS/c1-6-11(21-13(16)17-6)12-18-10(19-20-12)4-7-2-3-8(15)5-9(7)14/h2-3,5H,4H2,1H3,(H2,16,17). The van der Waals surface area contributed by atoms with Crippen molar-refractivity contribution in [3.8, 4) is 10.8 Å². The molecule has 5 nitrogen and oxygen atoms in total. The van der Waals surface area contributed by atoms with Crippen molar-refractivity contribution in [2.45, 2.75) is 13.3 Å². The third kappa shape index (κ3) is 2.88. The Labute approximate surface area is 128 Å². The highest BCUT2D eigenvalue weighted by molar-refractivity contribution is 7.18. The first-order chi connectivity index (χ1) is 10.0. The summed E-state index contributed by atoms with van der Waals surface area (Å²) in [5, 5.41) is 4.68. The maximum absolute atomic E-state index is 13.0. The molecule has 0 aliphatic carbocycles. The van der Waals surface area contributed by atoms with Crippen molar-refractivity contribution < 1.29 is 8.91 Å². The van der Waals surface area contributed by atoms with Crippen molar-refractivity contribution in [1.82, 2.24) is 15.1 Å². The Morgan fingerprint density at radius 2 is 2.19 bits per heavy atom. The molecule has 0 bridgehead atoms. The summed E-state index contributed by atoms with van der Waals surface area (Å²) in [6, 6.07) is 4.20. The van der Waals surface area contributed by atoms with E-state index in [-0.39, 0.29) is 5.82 Å². The van der Waals surface area contributed by atoms with Crippen molar-refractivity contribution in [1.29, 1.82) is 0 Å². The third-order valence-corrected chi connectivity index (χ3v) is 4.17. The molecule has 108 valence electrons. The summed E-state index contributed by atoms with van der Waals surface area (Å²) < 4.78 is 18.2. The number of hydrogen-bond acceptors (Lipinski definition) is 6. The van der Waals surface area contributed by atoms with Gasteiger partial charge in [0, 0.05) is 11.4 Å². The van der Waals surface area contributed by atoms with Crippen LogP contribution in [0.15, 0.2) is 22.7 Å². The fraction of sp³-hybridized carbons (Fsp3) is 0.154. The maximum atomic E-state index is 13.0. The van der Waals surface area contributed by atoms with Gasteiger partial charge in [-0.2, -0.15) is 4.98 Å². The van der Waals surface area contributed by atoms with Gasteiger partial charge in [0.2, 0.25) is 0 Å². The van der Waals surface area contributed by atoms with E-state index in [2.05, 4.69) is 15.1 Å². The van der Waals surface area contributed by atoms with Crippen LogP contribution in [0.5, 0.6) is 0 Å². The van der Waals surface area contributed by atoms with Crippen LogP contribution >= 0.6 is 22.9 Å². The van der Waals surface area contributed by atoms with E-state index in [1.165, 1.54) is 23.5 Å². The quantitative estimate of drug-likeness (QED) is 0.798. The molecule has 0 aliphatic rings. The van der Waals surface area contributed by atoms with E-state index in [0.717, 1.165) is 16.1 Å². The van der Waals surface area contributed by atoms with Crippen molar-refractivity contribution >= 4 is 28.1 Å². The minimum Gasteiger partial charge on any atom is -0.375 e. The van der Waals surface area contributed by atoms with E-state index >= 15 is 0 Å². The molecule has 2 N–H and O–H groups in total. The van der Waals surface area contributed by atoms with Gasteiger partial charge in [0.05, 0.1) is 5.69 Å². The summed E-state index contributed by atoms with van der Waals surface area (Å²) in [5.74, 6) is 0.452. The summed E-state index contributed by atoms with van der Waals surface area (Å²) in [7, 11) is 0. The predicted octanol–water partition coefficient (Wildman–Crippen LogP) is 3.47. The number of halogens is 2. The molecule has 0 amide bonds. The number of nitrogens with two attached hydrogens (primary N) is 1. The average molecular weight is 325 g/mol. The molecule has 0 fully saturated rings. The molecule has 21 heavy (non-hydrogen) atoms. The van der Waals surface area contributed by atoms with Gasteiger partial charge in [0.1, 0.15) is 10.7 Å². The van der Waals surface area contributed by atoms with Gasteiger partial charge >= 0.3 is 0 Å². The highest BCUT2D eigenvalue weighted by Gasteiger charge is 2.16. The van der Waals surface area contributed by atoms with Crippen molar-refractivity contribution in [2.24, 2.45) is 0 Å². The zero-order valence-corrected chi connectivity index (χ0v) is 12.5. The minimum absolute atomic E-state index is 0.333. The molecule has 0 unspecified atom stereocenters. The van der Waals surface area contributed by atoms with E-state index in [4.69, 9.17) is 21.9 Å². The predicted molar refractivity (Wildman–Crippen MR) is 78.8 cm³/mol. The number of hydrogen-bond donors (Lipinski definition) is 1. The summed E-state index contributed by atoms with van der Waals surface area (Å²) in [6.45, 7) is 1.82. The van der Waals surface area contributed by atoms with Gasteiger partial charge in [-0.25, -0.2) is 9.37 Å². The van der Waals surface area contributed by atoms with E-state index < -0.39 is 0 Å². The Balaban J connectivity index is 1.87. The van der Waals surface area contributed by atoms with E-state index in [9.17, 15) is 4.39 Å². The highest BCUT2D eigenvalue weighted by Crippen LogP contribution is 2.30. The molecule has 3 rings (SSSR count). The topological polar surface area (TPSA) is 77.8 Å². The molecule has 1 aromatic carbocycles. The van der Waals surface area contributed by atoms with E-state index in [1.807, 2.05) is 6.92 Å². The number of rotatable bonds is 3. The lowest BCUT2D eigenvalue weighted by Gasteiger charge is -2.00. The monoisotopic (exact) mass is 324 g/mol. The zero-order valence-electron chi connectivity index (χ0n) is 10.9. The number of anilines is 1. The summed E-state index contributed by atoms with van der Waals surface area (Å²) in [5.41, 5.74) is 7.12. The first kappa shape index (κ1) is 14.0. The Bertz CT molecular complexity index is 801. The second-order valence-corrected chi connectivity index (χ2v) is 5.83. The second-order valence-electron chi connectivity index (χ2n) is 4.39. The fourth-order valence-corrected chi connectivity index (χ4v) is 2.86. The molecule has 0 radical (unpaired) electrons. The summed E-state index contributed by atoms with van der Waals surface area (Å²) >= 11 is 7.27. The van der Waals surface area contributed by atoms with Crippen LogP contribution in [0, 0.1) is 12.7 Å². The lowest BCUT2D eigenvalue weighted by atomic mass is 10.1. The molecule has 3 aromatic rings. The van der Waals surface area contributed by atoms with Gasteiger partial charge in [0.15, 0.2) is 11.0 Å². The van der Waals surface area contributed by atoms with E-state index in [1.54, 1.807) is 6.07 Å². The van der Waals surface area contributed by atoms with Gasteiger partial charge < -0.3 is 10.3 Å². The van der Waals surface area contributed by atoms with Crippen LogP contribution in [0.3, 0.4) is 0 Å². The minimum atomic E-state index is -0.381. The number of nitrogens with zero attached hydrogens (tertiary/aromatic N) is 3. The molecular formula is C13H10ClFN4OS. The Hall–Kier alpha value is -1.99. The molecule has 0 saturated carbocycles. The van der Waals surface area contributed by atoms with Gasteiger partial charge in [-0.3, -0.25) is 0 Å². The number of nitrogen functional groups attached to an aromatic ring is 1. The molecule has 0 atom stereocenters. The molecule has 8 heteroatoms. The van der Waals surface area contributed by atoms with Gasteiger partial charge in [-0.05, 0) is 24.6 Å². The Morgan fingerprint density at radius 1 is 1.38 bits per heavy atom. The lowest BCUT2D eigenvalue weighted by Crippen LogP contribution is -1.92. The molecule has 0 aliphatic heterocycles. The second kappa shape index (κ2) is 5.42. The van der Waals surface area contributed by atoms with Gasteiger partial charge in [-0.15, -0.1) is 0 Å². The summed E-state index contributed by atoms with van der Waals surface area (Å²) in [4.78, 5) is 9.16. The van der Waals surface area contributed by atoms with Crippen LogP contribution in [0.2, 0.25) is 5.02 Å². The summed E-state index contributed by atoms with van der Waals surface area (Å²) in [6.07, 6.45) is 0.357. The smallest absolute Gasteiger partial charge is 0.270 e. The third-order valence-electron chi connectivity index (χ3n) is 2.84. The number of benzene rings is 1. The highest BCUT2D eigenvalue weighted by atomic mass is 35.5. The molecule has 0 saturated heterocycles. The SMILES string of the molecule is Cc1nc(N)sc1-c1nc(Cc2ccc(F)cc2Cl)no1. The maximum Gasteiger partial charge on any atom is 0.270 e. The molecular weight excluding hydrogens is 315 g/mol. The largest absolute Gasteiger partial charge is 0.375 e. The number of thiazole rings is 1. The Morgan fingerprint density at radius 3 is 2.86 bits per heavy atom. The molecule has 0 spiro atoms.